The van der Waals surface area contributed by atoms with Crippen LogP contribution in [0, 0.1) is 11.6 Å². The van der Waals surface area contributed by atoms with E-state index in [9.17, 15) is 13.9 Å². The Morgan fingerprint density at radius 2 is 1.67 bits per heavy atom. The van der Waals surface area contributed by atoms with Crippen LogP contribution >= 0.6 is 0 Å². The largest absolute Gasteiger partial charge is 0.489 e. The van der Waals surface area contributed by atoms with Crippen molar-refractivity contribution in [3.05, 3.63) is 59.4 Å². The van der Waals surface area contributed by atoms with Gasteiger partial charge in [-0.2, -0.15) is 0 Å². The van der Waals surface area contributed by atoms with Gasteiger partial charge in [0, 0.05) is 17.8 Å². The summed E-state index contributed by atoms with van der Waals surface area (Å²) in [5, 5.41) is 10.6. The fraction of sp³-hybridized carbons (Fsp3) is 0.312. The van der Waals surface area contributed by atoms with Gasteiger partial charge in [0.05, 0.1) is 12.3 Å². The fourth-order valence-electron chi connectivity index (χ4n) is 2.02. The van der Waals surface area contributed by atoms with E-state index in [0.717, 1.165) is 18.2 Å². The molecule has 1 unspecified atom stereocenters. The molecule has 0 aliphatic rings. The number of benzene rings is 1. The van der Waals surface area contributed by atoms with Gasteiger partial charge in [0.25, 0.3) is 0 Å². The van der Waals surface area contributed by atoms with E-state index in [4.69, 9.17) is 4.74 Å². The topological polar surface area (TPSA) is 42.4 Å². The molecule has 1 aromatic heterocycles. The van der Waals surface area contributed by atoms with E-state index in [2.05, 4.69) is 4.98 Å². The molecule has 1 aromatic carbocycles. The number of pyridine rings is 1. The Bertz CT molecular complexity index is 622. The van der Waals surface area contributed by atoms with Gasteiger partial charge < -0.3 is 9.84 Å². The summed E-state index contributed by atoms with van der Waals surface area (Å²) in [4.78, 5) is 4.00. The van der Waals surface area contributed by atoms with E-state index in [0.29, 0.717) is 11.3 Å². The van der Waals surface area contributed by atoms with Gasteiger partial charge in [0.2, 0.25) is 0 Å². The summed E-state index contributed by atoms with van der Waals surface area (Å²) in [6, 6.07) is 4.56. The lowest BCUT2D eigenvalue weighted by atomic mass is 9.89. The van der Waals surface area contributed by atoms with Crippen LogP contribution in [0.1, 0.15) is 31.9 Å². The van der Waals surface area contributed by atoms with Crippen molar-refractivity contribution in [3.63, 3.8) is 0 Å². The van der Waals surface area contributed by atoms with Crippen LogP contribution in [0.15, 0.2) is 36.7 Å². The van der Waals surface area contributed by atoms with Crippen LogP contribution in [0.2, 0.25) is 0 Å². The number of hydrogen-bond donors (Lipinski definition) is 1. The molecule has 5 heteroatoms. The molecule has 0 fully saturated rings. The number of halogens is 2. The Morgan fingerprint density at radius 1 is 1.05 bits per heavy atom. The van der Waals surface area contributed by atoms with Gasteiger partial charge in [0.1, 0.15) is 23.0 Å². The molecule has 2 rings (SSSR count). The second-order valence-corrected chi connectivity index (χ2v) is 5.31. The molecule has 0 amide bonds. The zero-order valence-electron chi connectivity index (χ0n) is 12.1. The van der Waals surface area contributed by atoms with Crippen molar-refractivity contribution >= 4 is 0 Å². The van der Waals surface area contributed by atoms with Crippen LogP contribution in [0.3, 0.4) is 0 Å². The zero-order valence-corrected chi connectivity index (χ0v) is 12.1. The van der Waals surface area contributed by atoms with Crippen LogP contribution in [0.4, 0.5) is 8.78 Å². The molecule has 1 heterocycles. The molecule has 0 bridgehead atoms. The van der Waals surface area contributed by atoms with Gasteiger partial charge in [-0.3, -0.25) is 4.98 Å². The number of hydrogen-bond acceptors (Lipinski definition) is 3. The number of aliphatic hydroxyl groups is 1. The maximum absolute atomic E-state index is 13.3. The number of nitrogens with zero attached hydrogens (tertiary/aromatic N) is 1. The first kappa shape index (κ1) is 15.4. The summed E-state index contributed by atoms with van der Waals surface area (Å²) < 4.78 is 32.2. The van der Waals surface area contributed by atoms with Crippen molar-refractivity contribution in [2.24, 2.45) is 0 Å². The summed E-state index contributed by atoms with van der Waals surface area (Å²) in [5.41, 5.74) is -1.07. The summed E-state index contributed by atoms with van der Waals surface area (Å²) in [5.74, 6) is -1.000. The van der Waals surface area contributed by atoms with E-state index in [1.54, 1.807) is 6.07 Å². The maximum Gasteiger partial charge on any atom is 0.138 e. The lowest BCUT2D eigenvalue weighted by Gasteiger charge is -2.25. The molecule has 0 saturated heterocycles. The molecule has 2 aromatic rings. The van der Waals surface area contributed by atoms with Crippen LogP contribution < -0.4 is 4.74 Å². The average Bonchev–Trinajstić information content (AvgIpc) is 2.37. The second-order valence-electron chi connectivity index (χ2n) is 5.31. The average molecular weight is 293 g/mol. The Morgan fingerprint density at radius 3 is 2.24 bits per heavy atom. The van der Waals surface area contributed by atoms with Crippen molar-refractivity contribution in [2.75, 3.05) is 0 Å². The zero-order chi connectivity index (χ0) is 15.6. The summed E-state index contributed by atoms with van der Waals surface area (Å²) in [6.45, 7) is 5.19. The highest BCUT2D eigenvalue weighted by molar-refractivity contribution is 5.37. The van der Waals surface area contributed by atoms with Gasteiger partial charge in [-0.1, -0.05) is 0 Å². The van der Waals surface area contributed by atoms with Crippen LogP contribution in [-0.4, -0.2) is 16.2 Å². The first-order valence-electron chi connectivity index (χ1n) is 6.60. The summed E-state index contributed by atoms with van der Waals surface area (Å²) >= 11 is 0. The van der Waals surface area contributed by atoms with Crippen molar-refractivity contribution < 1.29 is 18.6 Å². The predicted octanol–water partition coefficient (Wildman–Crippen LogP) is 3.40. The minimum atomic E-state index is -1.58. The third kappa shape index (κ3) is 3.55. The minimum Gasteiger partial charge on any atom is -0.489 e. The van der Waals surface area contributed by atoms with Gasteiger partial charge >= 0.3 is 0 Å². The molecular weight excluding hydrogens is 276 g/mol. The van der Waals surface area contributed by atoms with Crippen LogP contribution in [0.25, 0.3) is 0 Å². The molecule has 112 valence electrons. The SMILES string of the molecule is CC(C)Oc1cncc(C(C)(O)c2cc(F)cc(F)c2)c1. The predicted molar refractivity (Wildman–Crippen MR) is 75.0 cm³/mol. The lowest BCUT2D eigenvalue weighted by Crippen LogP contribution is -2.23. The number of aromatic nitrogens is 1. The smallest absolute Gasteiger partial charge is 0.138 e. The van der Waals surface area contributed by atoms with Gasteiger partial charge in [-0.15, -0.1) is 0 Å². The Kier molecular flexibility index (Phi) is 4.23. The molecule has 21 heavy (non-hydrogen) atoms. The van der Waals surface area contributed by atoms with Crippen LogP contribution in [-0.2, 0) is 5.60 Å². The molecular formula is C16H17F2NO2. The lowest BCUT2D eigenvalue weighted by molar-refractivity contribution is 0.100. The van der Waals surface area contributed by atoms with E-state index < -0.39 is 17.2 Å². The highest BCUT2D eigenvalue weighted by Crippen LogP contribution is 2.31. The normalized spacial score (nSPS) is 14.0. The molecule has 0 aliphatic carbocycles. The third-order valence-corrected chi connectivity index (χ3v) is 3.07. The standard InChI is InChI=1S/C16H17F2NO2/c1-10(2)21-15-6-12(8-19-9-15)16(3,20)11-4-13(17)7-14(18)5-11/h4-10,20H,1-3H3. The highest BCUT2D eigenvalue weighted by Gasteiger charge is 2.28. The van der Waals surface area contributed by atoms with E-state index in [1.165, 1.54) is 19.3 Å². The fourth-order valence-corrected chi connectivity index (χ4v) is 2.02. The van der Waals surface area contributed by atoms with Crippen molar-refractivity contribution in [3.8, 4) is 5.75 Å². The molecule has 0 saturated carbocycles. The van der Waals surface area contributed by atoms with Crippen LogP contribution in [0.5, 0.6) is 5.75 Å². The van der Waals surface area contributed by atoms with Gasteiger partial charge in [-0.05, 0) is 44.5 Å². The van der Waals surface area contributed by atoms with Gasteiger partial charge in [0.15, 0.2) is 0 Å². The maximum atomic E-state index is 13.3. The van der Waals surface area contributed by atoms with Crippen molar-refractivity contribution in [1.82, 2.24) is 4.98 Å². The summed E-state index contributed by atoms with van der Waals surface area (Å²) in [6.07, 6.45) is 2.92. The Balaban J connectivity index is 2.43. The van der Waals surface area contributed by atoms with Gasteiger partial charge in [-0.25, -0.2) is 8.78 Å². The summed E-state index contributed by atoms with van der Waals surface area (Å²) in [7, 11) is 0. The monoisotopic (exact) mass is 293 g/mol. The highest BCUT2D eigenvalue weighted by atomic mass is 19.1. The molecule has 0 aliphatic heterocycles. The van der Waals surface area contributed by atoms with Crippen molar-refractivity contribution in [1.29, 1.82) is 0 Å². The quantitative estimate of drug-likeness (QED) is 0.939. The van der Waals surface area contributed by atoms with E-state index >= 15 is 0 Å². The van der Waals surface area contributed by atoms with Crippen molar-refractivity contribution in [2.45, 2.75) is 32.5 Å². The number of rotatable bonds is 4. The molecule has 1 atom stereocenters. The minimum absolute atomic E-state index is 0.0430. The molecule has 3 nitrogen and oxygen atoms in total. The Labute approximate surface area is 122 Å². The van der Waals surface area contributed by atoms with E-state index in [1.807, 2.05) is 13.8 Å². The molecule has 0 radical (unpaired) electrons. The first-order chi connectivity index (χ1) is 9.79. The third-order valence-electron chi connectivity index (χ3n) is 3.07. The Hall–Kier alpha value is -2.01. The first-order valence-corrected chi connectivity index (χ1v) is 6.60. The van der Waals surface area contributed by atoms with E-state index in [-0.39, 0.29) is 11.7 Å². The molecule has 0 spiro atoms. The number of ether oxygens (including phenoxy) is 1. The second kappa shape index (κ2) is 5.77. The molecule has 1 N–H and O–H groups in total.